The molecule has 3 aliphatic heterocycles. The molecule has 2 unspecified atom stereocenters. The zero-order chi connectivity index (χ0) is 9.87. The summed E-state index contributed by atoms with van der Waals surface area (Å²) < 4.78 is 4.88. The van der Waals surface area contributed by atoms with Crippen LogP contribution in [0, 0.1) is 0 Å². The summed E-state index contributed by atoms with van der Waals surface area (Å²) in [5, 5.41) is -0.0631. The number of cyclic esters (lactones) is 1. The van der Waals surface area contributed by atoms with Crippen LogP contribution in [0.15, 0.2) is 11.3 Å². The van der Waals surface area contributed by atoms with Crippen molar-refractivity contribution in [3.8, 4) is 0 Å². The summed E-state index contributed by atoms with van der Waals surface area (Å²) >= 11 is 1.59. The number of β-lactam (4-membered cyclic amide) rings is 1. The first-order valence-corrected chi connectivity index (χ1v) is 5.34. The molecule has 0 aromatic rings. The van der Waals surface area contributed by atoms with Crippen molar-refractivity contribution in [2.24, 2.45) is 5.73 Å². The molecule has 74 valence electrons. The molecule has 6 heteroatoms. The molecule has 2 atom stereocenters. The van der Waals surface area contributed by atoms with Gasteiger partial charge in [-0.1, -0.05) is 0 Å². The first-order chi connectivity index (χ1) is 6.70. The van der Waals surface area contributed by atoms with E-state index in [-0.39, 0.29) is 17.3 Å². The van der Waals surface area contributed by atoms with E-state index in [1.165, 1.54) is 4.90 Å². The van der Waals surface area contributed by atoms with Crippen LogP contribution in [0.4, 0.5) is 0 Å². The van der Waals surface area contributed by atoms with Crippen LogP contribution in [0.1, 0.15) is 0 Å². The number of ether oxygens (including phenoxy) is 1. The molecule has 1 fully saturated rings. The summed E-state index contributed by atoms with van der Waals surface area (Å²) in [5.41, 5.74) is 6.98. The van der Waals surface area contributed by atoms with Crippen LogP contribution in [-0.2, 0) is 14.3 Å². The van der Waals surface area contributed by atoms with Gasteiger partial charge in [-0.15, -0.1) is 11.8 Å². The molecule has 0 aromatic heterocycles. The van der Waals surface area contributed by atoms with Crippen LogP contribution in [0.5, 0.6) is 0 Å². The number of amides is 1. The largest absolute Gasteiger partial charge is 0.456 e. The Hall–Kier alpha value is -1.01. The molecule has 5 nitrogen and oxygen atoms in total. The Morgan fingerprint density at radius 1 is 1.50 bits per heavy atom. The number of nitrogens with two attached hydrogens (primary N) is 1. The number of hydrogen-bond acceptors (Lipinski definition) is 5. The lowest BCUT2D eigenvalue weighted by Gasteiger charge is -2.46. The van der Waals surface area contributed by atoms with Gasteiger partial charge in [0.2, 0.25) is 5.91 Å². The summed E-state index contributed by atoms with van der Waals surface area (Å²) in [4.78, 5) is 24.2. The minimum absolute atomic E-state index is 0.0631. The Kier molecular flexibility index (Phi) is 1.49. The SMILES string of the molecule is NC1C(=O)N2C3=C(COC3=O)CSC12. The minimum Gasteiger partial charge on any atom is -0.456 e. The monoisotopic (exact) mass is 212 g/mol. The van der Waals surface area contributed by atoms with E-state index in [1.807, 2.05) is 0 Å². The predicted molar refractivity (Wildman–Crippen MR) is 49.1 cm³/mol. The molecule has 3 heterocycles. The van der Waals surface area contributed by atoms with Gasteiger partial charge in [0, 0.05) is 11.3 Å². The molecule has 1 amide bonds. The van der Waals surface area contributed by atoms with Crippen molar-refractivity contribution in [1.82, 2.24) is 4.90 Å². The normalized spacial score (nSPS) is 35.1. The molecule has 0 aliphatic carbocycles. The molecule has 0 radical (unpaired) electrons. The van der Waals surface area contributed by atoms with Crippen molar-refractivity contribution in [3.05, 3.63) is 11.3 Å². The maximum atomic E-state index is 11.4. The lowest BCUT2D eigenvalue weighted by atomic mass is 10.1. The van der Waals surface area contributed by atoms with Gasteiger partial charge in [-0.25, -0.2) is 4.79 Å². The third kappa shape index (κ3) is 0.802. The number of nitrogens with zero attached hydrogens (tertiary/aromatic N) is 1. The number of carbonyl (C=O) groups is 2. The van der Waals surface area contributed by atoms with E-state index in [0.29, 0.717) is 12.3 Å². The summed E-state index contributed by atoms with van der Waals surface area (Å²) in [6.07, 6.45) is 0. The number of thioether (sulfide) groups is 1. The smallest absolute Gasteiger partial charge is 0.355 e. The highest BCUT2D eigenvalue weighted by molar-refractivity contribution is 8.00. The van der Waals surface area contributed by atoms with Crippen LogP contribution in [0.2, 0.25) is 0 Å². The van der Waals surface area contributed by atoms with E-state index < -0.39 is 6.04 Å². The fourth-order valence-corrected chi connectivity index (χ4v) is 3.17. The maximum Gasteiger partial charge on any atom is 0.355 e. The highest BCUT2D eigenvalue weighted by atomic mass is 32.2. The fourth-order valence-electron chi connectivity index (χ4n) is 1.90. The van der Waals surface area contributed by atoms with Gasteiger partial charge < -0.3 is 10.5 Å². The first kappa shape index (κ1) is 8.31. The summed E-state index contributed by atoms with van der Waals surface area (Å²) in [6, 6.07) is -0.456. The fraction of sp³-hybridized carbons (Fsp3) is 0.500. The van der Waals surface area contributed by atoms with Crippen molar-refractivity contribution >= 4 is 23.6 Å². The topological polar surface area (TPSA) is 72.6 Å². The van der Waals surface area contributed by atoms with Crippen molar-refractivity contribution < 1.29 is 14.3 Å². The lowest BCUT2D eigenvalue weighted by molar-refractivity contribution is -0.148. The quantitative estimate of drug-likeness (QED) is 0.413. The molecule has 0 aromatic carbocycles. The number of carbonyl (C=O) groups excluding carboxylic acids is 2. The number of hydrogen-bond donors (Lipinski definition) is 1. The highest BCUT2D eigenvalue weighted by Gasteiger charge is 2.53. The van der Waals surface area contributed by atoms with Crippen LogP contribution in [-0.4, -0.2) is 40.6 Å². The minimum atomic E-state index is -0.456. The zero-order valence-corrected chi connectivity index (χ0v) is 8.04. The highest BCUT2D eigenvalue weighted by Crippen LogP contribution is 2.41. The van der Waals surface area contributed by atoms with Gasteiger partial charge in [0.05, 0.1) is 0 Å². The van der Waals surface area contributed by atoms with Crippen LogP contribution >= 0.6 is 11.8 Å². The van der Waals surface area contributed by atoms with E-state index in [9.17, 15) is 9.59 Å². The maximum absolute atomic E-state index is 11.4. The third-order valence-corrected chi connectivity index (χ3v) is 4.02. The van der Waals surface area contributed by atoms with E-state index in [0.717, 1.165) is 11.3 Å². The van der Waals surface area contributed by atoms with Gasteiger partial charge >= 0.3 is 5.97 Å². The number of rotatable bonds is 0. The van der Waals surface area contributed by atoms with E-state index >= 15 is 0 Å². The molecule has 0 saturated carbocycles. The summed E-state index contributed by atoms with van der Waals surface area (Å²) in [5.74, 6) is 0.183. The average Bonchev–Trinajstić information content (AvgIpc) is 2.57. The standard InChI is InChI=1S/C8H8N2O3S/c9-4-6(11)10-5-3(1-13-8(5)12)2-14-7(4)10/h4,7H,1-2,9H2. The molecule has 0 bridgehead atoms. The molecule has 0 spiro atoms. The first-order valence-electron chi connectivity index (χ1n) is 4.29. The molecule has 1 saturated heterocycles. The average molecular weight is 212 g/mol. The number of esters is 1. The molecule has 3 aliphatic rings. The van der Waals surface area contributed by atoms with Crippen molar-refractivity contribution in [2.45, 2.75) is 11.4 Å². The Bertz CT molecular complexity index is 379. The van der Waals surface area contributed by atoms with Gasteiger partial charge in [-0.2, -0.15) is 0 Å². The Morgan fingerprint density at radius 3 is 3.07 bits per heavy atom. The Labute approximate surface area is 84.2 Å². The molecule has 3 rings (SSSR count). The van der Waals surface area contributed by atoms with Crippen molar-refractivity contribution in [2.75, 3.05) is 12.4 Å². The second-order valence-corrected chi connectivity index (χ2v) is 4.57. The van der Waals surface area contributed by atoms with Crippen LogP contribution < -0.4 is 5.73 Å². The van der Waals surface area contributed by atoms with Gasteiger partial charge in [-0.3, -0.25) is 9.69 Å². The zero-order valence-electron chi connectivity index (χ0n) is 7.23. The second kappa shape index (κ2) is 2.52. The van der Waals surface area contributed by atoms with E-state index in [1.54, 1.807) is 11.8 Å². The summed E-state index contributed by atoms with van der Waals surface area (Å²) in [6.45, 7) is 0.326. The predicted octanol–water partition coefficient (Wildman–Crippen LogP) is -0.960. The Balaban J connectivity index is 2.02. The van der Waals surface area contributed by atoms with Gasteiger partial charge in [0.25, 0.3) is 0 Å². The van der Waals surface area contributed by atoms with Crippen molar-refractivity contribution in [3.63, 3.8) is 0 Å². The lowest BCUT2D eigenvalue weighted by Crippen LogP contribution is -2.68. The molecular formula is C8H8N2O3S. The molecular weight excluding hydrogens is 204 g/mol. The van der Waals surface area contributed by atoms with Crippen LogP contribution in [0.25, 0.3) is 0 Å². The van der Waals surface area contributed by atoms with E-state index in [2.05, 4.69) is 0 Å². The molecule has 14 heavy (non-hydrogen) atoms. The molecule has 2 N–H and O–H groups in total. The Morgan fingerprint density at radius 2 is 2.29 bits per heavy atom. The van der Waals surface area contributed by atoms with Gasteiger partial charge in [0.15, 0.2) is 0 Å². The van der Waals surface area contributed by atoms with Crippen LogP contribution in [0.3, 0.4) is 0 Å². The van der Waals surface area contributed by atoms with Gasteiger partial charge in [-0.05, 0) is 0 Å². The second-order valence-electron chi connectivity index (χ2n) is 3.46. The summed E-state index contributed by atoms with van der Waals surface area (Å²) in [7, 11) is 0. The third-order valence-electron chi connectivity index (χ3n) is 2.66. The van der Waals surface area contributed by atoms with E-state index in [4.69, 9.17) is 10.5 Å². The number of fused-ring (bicyclic) bond motifs is 2. The van der Waals surface area contributed by atoms with Crippen molar-refractivity contribution in [1.29, 1.82) is 0 Å². The van der Waals surface area contributed by atoms with Gasteiger partial charge in [0.1, 0.15) is 23.7 Å².